The van der Waals surface area contributed by atoms with Crippen LogP contribution >= 0.6 is 0 Å². The lowest BCUT2D eigenvalue weighted by Crippen LogP contribution is -2.49. The largest absolute Gasteiger partial charge is 0.467 e. The molecule has 4 heterocycles. The molecular formula is C22H22F3N5O2. The van der Waals surface area contributed by atoms with Gasteiger partial charge in [0.15, 0.2) is 11.7 Å². The van der Waals surface area contributed by atoms with Crippen molar-refractivity contribution in [3.63, 3.8) is 0 Å². The van der Waals surface area contributed by atoms with Crippen LogP contribution in [0.5, 0.6) is 0 Å². The fourth-order valence-electron chi connectivity index (χ4n) is 4.32. The molecule has 0 aliphatic carbocycles. The van der Waals surface area contributed by atoms with E-state index >= 15 is 0 Å². The number of aromatic nitrogens is 2. The van der Waals surface area contributed by atoms with Crippen LogP contribution < -0.4 is 10.2 Å². The Morgan fingerprint density at radius 2 is 1.81 bits per heavy atom. The van der Waals surface area contributed by atoms with Gasteiger partial charge in [0, 0.05) is 44.4 Å². The first-order chi connectivity index (χ1) is 15.4. The molecule has 2 aliphatic heterocycles. The molecule has 7 nitrogen and oxygen atoms in total. The van der Waals surface area contributed by atoms with Crippen molar-refractivity contribution in [2.45, 2.75) is 24.7 Å². The van der Waals surface area contributed by atoms with Crippen molar-refractivity contribution in [3.05, 3.63) is 66.2 Å². The maximum atomic E-state index is 13.8. The number of piperazine rings is 1. The molecule has 3 aromatic rings. The van der Waals surface area contributed by atoms with Gasteiger partial charge in [0.25, 0.3) is 5.91 Å². The summed E-state index contributed by atoms with van der Waals surface area (Å²) in [6.45, 7) is 2.24. The van der Waals surface area contributed by atoms with E-state index < -0.39 is 18.3 Å². The summed E-state index contributed by atoms with van der Waals surface area (Å²) in [5, 5.41) is 7.10. The number of para-hydroxylation sites is 1. The third-order valence-corrected chi connectivity index (χ3v) is 5.98. The molecule has 2 atom stereocenters. The van der Waals surface area contributed by atoms with E-state index in [2.05, 4.69) is 15.3 Å². The van der Waals surface area contributed by atoms with Gasteiger partial charge >= 0.3 is 6.18 Å². The van der Waals surface area contributed by atoms with Gasteiger partial charge in [0.1, 0.15) is 11.6 Å². The van der Waals surface area contributed by atoms with Crippen molar-refractivity contribution in [1.29, 1.82) is 0 Å². The van der Waals surface area contributed by atoms with E-state index in [1.807, 2.05) is 30.3 Å². The number of amides is 1. The summed E-state index contributed by atoms with van der Waals surface area (Å²) in [5.41, 5.74) is 1.09. The minimum Gasteiger partial charge on any atom is -0.467 e. The molecule has 32 heavy (non-hydrogen) atoms. The lowest BCUT2D eigenvalue weighted by molar-refractivity contribution is -0.174. The van der Waals surface area contributed by atoms with Gasteiger partial charge < -0.3 is 19.5 Å². The first kappa shape index (κ1) is 20.5. The normalized spacial score (nSPS) is 21.2. The molecule has 1 saturated heterocycles. The summed E-state index contributed by atoms with van der Waals surface area (Å²) in [4.78, 5) is 16.8. The molecule has 0 unspecified atom stereocenters. The van der Waals surface area contributed by atoms with E-state index in [0.29, 0.717) is 31.9 Å². The van der Waals surface area contributed by atoms with Gasteiger partial charge in [-0.15, -0.1) is 0 Å². The van der Waals surface area contributed by atoms with E-state index in [4.69, 9.17) is 4.42 Å². The molecule has 1 amide bonds. The molecular weight excluding hydrogens is 423 g/mol. The smallest absolute Gasteiger partial charge is 0.410 e. The Kier molecular flexibility index (Phi) is 5.07. The standard InChI is InChI=1S/C22H22F3N5O2/c23-22(24,25)19-13-16(18-7-4-12-32-18)26-20-14-17(27-30(19)20)21(31)29-10-8-28(9-11-29)15-5-2-1-3-6-15/h1-7,12,14,16,19,26H,8-11,13H2/t16-,19-/m0/s1. The lowest BCUT2D eigenvalue weighted by Gasteiger charge is -2.35. The second kappa shape index (κ2) is 7.92. The zero-order valence-corrected chi connectivity index (χ0v) is 17.1. The predicted molar refractivity (Wildman–Crippen MR) is 112 cm³/mol. The predicted octanol–water partition coefficient (Wildman–Crippen LogP) is 4.10. The zero-order valence-electron chi connectivity index (χ0n) is 17.1. The van der Waals surface area contributed by atoms with Crippen molar-refractivity contribution in [2.75, 3.05) is 36.4 Å². The van der Waals surface area contributed by atoms with Crippen molar-refractivity contribution in [2.24, 2.45) is 0 Å². The first-order valence-corrected chi connectivity index (χ1v) is 10.5. The number of carbonyl (C=O) groups is 1. The lowest BCUT2D eigenvalue weighted by atomic mass is 10.0. The number of hydrogen-bond donors (Lipinski definition) is 1. The monoisotopic (exact) mass is 445 g/mol. The van der Waals surface area contributed by atoms with Crippen LogP contribution in [-0.4, -0.2) is 52.9 Å². The fourth-order valence-corrected chi connectivity index (χ4v) is 4.32. The molecule has 1 fully saturated rings. The van der Waals surface area contributed by atoms with Crippen LogP contribution in [0.25, 0.3) is 0 Å². The Labute approximate surface area is 182 Å². The number of anilines is 2. The molecule has 1 N–H and O–H groups in total. The van der Waals surface area contributed by atoms with Gasteiger partial charge in [-0.25, -0.2) is 4.68 Å². The topological polar surface area (TPSA) is 66.5 Å². The molecule has 0 saturated carbocycles. The van der Waals surface area contributed by atoms with E-state index in [1.54, 1.807) is 17.0 Å². The highest BCUT2D eigenvalue weighted by Gasteiger charge is 2.47. The van der Waals surface area contributed by atoms with Crippen molar-refractivity contribution < 1.29 is 22.4 Å². The number of halogens is 3. The molecule has 0 spiro atoms. The SMILES string of the molecule is O=C(c1cc2n(n1)[C@H](C(F)(F)F)C[C@@H](c1ccco1)N2)N1CCN(c2ccccc2)CC1. The second-order valence-corrected chi connectivity index (χ2v) is 7.98. The number of carbonyl (C=O) groups excluding carboxylic acids is 1. The Morgan fingerprint density at radius 1 is 1.06 bits per heavy atom. The fraction of sp³-hybridized carbons (Fsp3) is 0.364. The van der Waals surface area contributed by atoms with E-state index in [0.717, 1.165) is 10.4 Å². The second-order valence-electron chi connectivity index (χ2n) is 7.98. The number of nitrogens with zero attached hydrogens (tertiary/aromatic N) is 4. The van der Waals surface area contributed by atoms with E-state index in [-0.39, 0.29) is 23.8 Å². The van der Waals surface area contributed by atoms with E-state index in [9.17, 15) is 18.0 Å². The zero-order chi connectivity index (χ0) is 22.3. The maximum Gasteiger partial charge on any atom is 0.410 e. The number of furan rings is 1. The summed E-state index contributed by atoms with van der Waals surface area (Å²) in [7, 11) is 0. The average Bonchev–Trinajstić information content (AvgIpc) is 3.48. The van der Waals surface area contributed by atoms with Gasteiger partial charge in [-0.3, -0.25) is 4.79 Å². The number of benzene rings is 1. The molecule has 1 aromatic carbocycles. The molecule has 10 heteroatoms. The minimum absolute atomic E-state index is 0.00926. The summed E-state index contributed by atoms with van der Waals surface area (Å²) < 4.78 is 47.5. The van der Waals surface area contributed by atoms with Crippen LogP contribution in [0.4, 0.5) is 24.7 Å². The number of nitrogens with one attached hydrogen (secondary N) is 1. The van der Waals surface area contributed by atoms with Gasteiger partial charge in [0.05, 0.1) is 12.3 Å². The third kappa shape index (κ3) is 3.80. The van der Waals surface area contributed by atoms with Gasteiger partial charge in [-0.2, -0.15) is 18.3 Å². The molecule has 168 valence electrons. The molecule has 0 bridgehead atoms. The molecule has 2 aromatic heterocycles. The summed E-state index contributed by atoms with van der Waals surface area (Å²) in [6, 6.07) is 12.1. The summed E-state index contributed by atoms with van der Waals surface area (Å²) >= 11 is 0. The van der Waals surface area contributed by atoms with E-state index in [1.165, 1.54) is 12.3 Å². The van der Waals surface area contributed by atoms with Crippen molar-refractivity contribution in [3.8, 4) is 0 Å². The van der Waals surface area contributed by atoms with Crippen LogP contribution in [0.15, 0.2) is 59.2 Å². The molecule has 5 rings (SSSR count). The van der Waals surface area contributed by atoms with Gasteiger partial charge in [-0.05, 0) is 24.3 Å². The molecule has 2 aliphatic rings. The number of fused-ring (bicyclic) bond motifs is 1. The van der Waals surface area contributed by atoms with Crippen LogP contribution in [0.3, 0.4) is 0 Å². The van der Waals surface area contributed by atoms with Gasteiger partial charge in [0.2, 0.25) is 0 Å². The highest BCUT2D eigenvalue weighted by atomic mass is 19.4. The quantitative estimate of drug-likeness (QED) is 0.658. The molecule has 0 radical (unpaired) electrons. The van der Waals surface area contributed by atoms with Crippen LogP contribution in [-0.2, 0) is 0 Å². The highest BCUT2D eigenvalue weighted by Crippen LogP contribution is 2.43. The Balaban J connectivity index is 1.34. The Bertz CT molecular complexity index is 1070. The number of rotatable bonds is 3. The Morgan fingerprint density at radius 3 is 2.47 bits per heavy atom. The van der Waals surface area contributed by atoms with Crippen LogP contribution in [0.2, 0.25) is 0 Å². The Hall–Kier alpha value is -3.43. The average molecular weight is 445 g/mol. The van der Waals surface area contributed by atoms with Crippen LogP contribution in [0, 0.1) is 0 Å². The van der Waals surface area contributed by atoms with Crippen LogP contribution in [0.1, 0.15) is 34.8 Å². The minimum atomic E-state index is -4.50. The summed E-state index contributed by atoms with van der Waals surface area (Å²) in [6.07, 6.45) is -3.35. The summed E-state index contributed by atoms with van der Waals surface area (Å²) in [5.74, 6) is 0.208. The number of hydrogen-bond acceptors (Lipinski definition) is 5. The first-order valence-electron chi connectivity index (χ1n) is 10.5. The maximum absolute atomic E-state index is 13.8. The van der Waals surface area contributed by atoms with Gasteiger partial charge in [-0.1, -0.05) is 18.2 Å². The van der Waals surface area contributed by atoms with Crippen molar-refractivity contribution >= 4 is 17.4 Å². The number of alkyl halides is 3. The van der Waals surface area contributed by atoms with Crippen molar-refractivity contribution in [1.82, 2.24) is 14.7 Å². The highest BCUT2D eigenvalue weighted by molar-refractivity contribution is 5.93. The third-order valence-electron chi connectivity index (χ3n) is 5.98.